The van der Waals surface area contributed by atoms with Gasteiger partial charge in [-0.25, -0.2) is 0 Å². The zero-order chi connectivity index (χ0) is 28.6. The first-order valence-corrected chi connectivity index (χ1v) is 15.3. The van der Waals surface area contributed by atoms with Crippen molar-refractivity contribution < 1.29 is 14.2 Å². The zero-order valence-electron chi connectivity index (χ0n) is 25.2. The van der Waals surface area contributed by atoms with Gasteiger partial charge in [-0.15, -0.1) is 0 Å². The molecule has 3 aromatic rings. The molecular formula is C38H44O3. The Morgan fingerprint density at radius 2 is 1.41 bits per heavy atom. The Morgan fingerprint density at radius 3 is 2.12 bits per heavy atom. The van der Waals surface area contributed by atoms with Crippen molar-refractivity contribution in [1.29, 1.82) is 0 Å². The Hall–Kier alpha value is -3.72. The van der Waals surface area contributed by atoms with Crippen LogP contribution in [0, 0.1) is 6.92 Å². The van der Waals surface area contributed by atoms with Gasteiger partial charge in [0.2, 0.25) is 0 Å². The summed E-state index contributed by atoms with van der Waals surface area (Å²) in [5.41, 5.74) is 11.4. The van der Waals surface area contributed by atoms with Crippen LogP contribution in [0.3, 0.4) is 0 Å². The van der Waals surface area contributed by atoms with Gasteiger partial charge in [0.25, 0.3) is 0 Å². The van der Waals surface area contributed by atoms with Crippen LogP contribution in [0.2, 0.25) is 0 Å². The van der Waals surface area contributed by atoms with Gasteiger partial charge in [0.15, 0.2) is 0 Å². The maximum Gasteiger partial charge on any atom is 0.126 e. The SMILES string of the molecule is C/C=C\C=C1Cc2cc(C)cc(c2OCC)Cc2cccc3c2OCCCCC1=CCc1cccc(c1OCC)C3. The predicted octanol–water partition coefficient (Wildman–Crippen LogP) is 9.06. The number of fused-ring (bicyclic) bond motifs is 9. The summed E-state index contributed by atoms with van der Waals surface area (Å²) >= 11 is 0. The standard InChI is InChI=1S/C38H44O3/c1-5-8-13-30-24-34-22-27(4)23-35(38(34)40-7-3)26-33-18-12-17-32-25-31-16-11-15-29(36(31)39-6-2)20-19-28(30)14-9-10-21-41-37(32)33/h5,8,11-13,15-19,22-23H,6-7,9-10,14,20-21,24-26H2,1-4H3/b8-5-,28-19?,30-13?. The van der Waals surface area contributed by atoms with Crippen LogP contribution in [-0.4, -0.2) is 19.8 Å². The van der Waals surface area contributed by atoms with E-state index in [1.165, 1.54) is 50.1 Å². The van der Waals surface area contributed by atoms with Crippen molar-refractivity contribution in [2.24, 2.45) is 0 Å². The lowest BCUT2D eigenvalue weighted by Gasteiger charge is -2.23. The normalized spacial score (nSPS) is 16.5. The van der Waals surface area contributed by atoms with Crippen LogP contribution in [0.25, 0.3) is 0 Å². The van der Waals surface area contributed by atoms with Gasteiger partial charge < -0.3 is 14.2 Å². The average molecular weight is 549 g/mol. The molecule has 0 aromatic heterocycles. The minimum Gasteiger partial charge on any atom is -0.493 e. The third-order valence-corrected chi connectivity index (χ3v) is 8.02. The highest BCUT2D eigenvalue weighted by atomic mass is 16.5. The fourth-order valence-electron chi connectivity index (χ4n) is 6.22. The summed E-state index contributed by atoms with van der Waals surface area (Å²) in [4.78, 5) is 0. The third kappa shape index (κ3) is 6.78. The topological polar surface area (TPSA) is 27.7 Å². The fraction of sp³-hybridized carbons (Fsp3) is 0.368. The summed E-state index contributed by atoms with van der Waals surface area (Å²) in [6.45, 7) is 10.4. The largest absolute Gasteiger partial charge is 0.493 e. The molecule has 2 heterocycles. The first-order valence-electron chi connectivity index (χ1n) is 15.3. The van der Waals surface area contributed by atoms with E-state index in [4.69, 9.17) is 14.2 Å². The van der Waals surface area contributed by atoms with Crippen LogP contribution in [0.15, 0.2) is 84.0 Å². The van der Waals surface area contributed by atoms with Crippen LogP contribution in [0.4, 0.5) is 0 Å². The first-order chi connectivity index (χ1) is 20.1. The molecule has 5 rings (SSSR count). The van der Waals surface area contributed by atoms with Gasteiger partial charge in [0.1, 0.15) is 17.2 Å². The fourth-order valence-corrected chi connectivity index (χ4v) is 6.22. The Labute approximate surface area is 246 Å². The quantitative estimate of drug-likeness (QED) is 0.318. The molecule has 3 aromatic carbocycles. The first kappa shape index (κ1) is 28.8. The van der Waals surface area contributed by atoms with Crippen molar-refractivity contribution in [3.05, 3.63) is 123 Å². The summed E-state index contributed by atoms with van der Waals surface area (Å²) in [5, 5.41) is 0. The van der Waals surface area contributed by atoms with Gasteiger partial charge >= 0.3 is 0 Å². The smallest absolute Gasteiger partial charge is 0.126 e. The third-order valence-electron chi connectivity index (χ3n) is 8.02. The molecule has 3 nitrogen and oxygen atoms in total. The molecule has 0 unspecified atom stereocenters. The maximum absolute atomic E-state index is 6.69. The molecule has 0 saturated carbocycles. The summed E-state index contributed by atoms with van der Waals surface area (Å²) in [7, 11) is 0. The van der Waals surface area contributed by atoms with Gasteiger partial charge in [-0.3, -0.25) is 0 Å². The number of allylic oxidation sites excluding steroid dienone is 6. The Kier molecular flexibility index (Phi) is 9.67. The highest BCUT2D eigenvalue weighted by Gasteiger charge is 2.21. The molecule has 0 atom stereocenters. The lowest BCUT2D eigenvalue weighted by Crippen LogP contribution is -2.10. The van der Waals surface area contributed by atoms with Crippen molar-refractivity contribution in [1.82, 2.24) is 0 Å². The number of aryl methyl sites for hydroxylation is 1. The Morgan fingerprint density at radius 1 is 0.780 bits per heavy atom. The molecule has 0 aliphatic carbocycles. The molecule has 0 radical (unpaired) electrons. The van der Waals surface area contributed by atoms with Crippen molar-refractivity contribution in [2.45, 2.75) is 72.6 Å². The lowest BCUT2D eigenvalue weighted by atomic mass is 9.88. The maximum atomic E-state index is 6.69. The summed E-state index contributed by atoms with van der Waals surface area (Å²) in [5.74, 6) is 3.06. The minimum atomic E-state index is 0.637. The van der Waals surface area contributed by atoms with E-state index in [2.05, 4.69) is 101 Å². The monoisotopic (exact) mass is 548 g/mol. The summed E-state index contributed by atoms with van der Waals surface area (Å²) < 4.78 is 19.5. The van der Waals surface area contributed by atoms with Crippen LogP contribution in [-0.2, 0) is 25.7 Å². The molecule has 6 bridgehead atoms. The molecule has 2 aliphatic rings. The molecule has 2 aliphatic heterocycles. The van der Waals surface area contributed by atoms with E-state index < -0.39 is 0 Å². The number of hydrogen-bond acceptors (Lipinski definition) is 3. The molecular weight excluding hydrogens is 504 g/mol. The van der Waals surface area contributed by atoms with Crippen LogP contribution in [0.1, 0.15) is 79.0 Å². The minimum absolute atomic E-state index is 0.637. The number of benzene rings is 3. The van der Waals surface area contributed by atoms with E-state index in [1.54, 1.807) is 0 Å². The molecule has 3 heteroatoms. The Balaban J connectivity index is 1.80. The van der Waals surface area contributed by atoms with E-state index in [1.807, 2.05) is 0 Å². The molecule has 0 amide bonds. The van der Waals surface area contributed by atoms with Crippen LogP contribution >= 0.6 is 0 Å². The van der Waals surface area contributed by atoms with Gasteiger partial charge in [-0.05, 0) is 97.9 Å². The van der Waals surface area contributed by atoms with Gasteiger partial charge in [-0.2, -0.15) is 0 Å². The molecule has 0 spiro atoms. The van der Waals surface area contributed by atoms with E-state index in [0.717, 1.165) is 62.2 Å². The molecule has 0 N–H and O–H groups in total. The summed E-state index contributed by atoms with van der Waals surface area (Å²) in [6, 6.07) is 17.8. The number of hydrogen-bond donors (Lipinski definition) is 0. The van der Waals surface area contributed by atoms with E-state index >= 15 is 0 Å². The van der Waals surface area contributed by atoms with Crippen LogP contribution in [0.5, 0.6) is 17.2 Å². The lowest BCUT2D eigenvalue weighted by molar-refractivity contribution is 0.300. The van der Waals surface area contributed by atoms with E-state index in [-0.39, 0.29) is 0 Å². The van der Waals surface area contributed by atoms with Crippen molar-refractivity contribution in [3.8, 4) is 17.2 Å². The number of para-hydroxylation sites is 2. The second-order valence-corrected chi connectivity index (χ2v) is 11.1. The van der Waals surface area contributed by atoms with Crippen LogP contribution < -0.4 is 14.2 Å². The Bertz CT molecular complexity index is 1460. The molecule has 214 valence electrons. The predicted molar refractivity (Wildman–Crippen MR) is 170 cm³/mol. The van der Waals surface area contributed by atoms with E-state index in [0.29, 0.717) is 19.8 Å². The van der Waals surface area contributed by atoms with E-state index in [9.17, 15) is 0 Å². The number of ether oxygens (including phenoxy) is 3. The molecule has 0 saturated heterocycles. The van der Waals surface area contributed by atoms with Gasteiger partial charge in [0, 0.05) is 19.3 Å². The zero-order valence-corrected chi connectivity index (χ0v) is 25.2. The number of rotatable bonds is 5. The molecule has 41 heavy (non-hydrogen) atoms. The highest BCUT2D eigenvalue weighted by Crippen LogP contribution is 2.38. The van der Waals surface area contributed by atoms with Crippen molar-refractivity contribution >= 4 is 0 Å². The second kappa shape index (κ2) is 13.8. The van der Waals surface area contributed by atoms with Crippen molar-refractivity contribution in [2.75, 3.05) is 19.8 Å². The average Bonchev–Trinajstić information content (AvgIpc) is 2.96. The van der Waals surface area contributed by atoms with Gasteiger partial charge in [0.05, 0.1) is 19.8 Å². The second-order valence-electron chi connectivity index (χ2n) is 11.1. The van der Waals surface area contributed by atoms with Crippen molar-refractivity contribution in [3.63, 3.8) is 0 Å². The highest BCUT2D eigenvalue weighted by molar-refractivity contribution is 5.55. The van der Waals surface area contributed by atoms with Gasteiger partial charge in [-0.1, -0.05) is 78.4 Å². The summed E-state index contributed by atoms with van der Waals surface area (Å²) in [6.07, 6.45) is 15.4. The molecule has 0 fully saturated rings.